The van der Waals surface area contributed by atoms with Gasteiger partial charge in [0.1, 0.15) is 11.6 Å². The van der Waals surface area contributed by atoms with Crippen LogP contribution in [0.2, 0.25) is 0 Å². The topological polar surface area (TPSA) is 88.1 Å². The normalized spacial score (nSPS) is 16.8. The monoisotopic (exact) mass is 364 g/mol. The molecule has 0 bridgehead atoms. The fourth-order valence-electron chi connectivity index (χ4n) is 2.63. The van der Waals surface area contributed by atoms with Gasteiger partial charge in [-0.1, -0.05) is 30.3 Å². The number of hydroxylamine groups is 1. The lowest BCUT2D eigenvalue weighted by molar-refractivity contribution is -0.160. The van der Waals surface area contributed by atoms with E-state index in [2.05, 4.69) is 5.48 Å². The molecule has 1 fully saturated rings. The number of hydrogen-bond acceptors (Lipinski definition) is 6. The van der Waals surface area contributed by atoms with Crippen molar-refractivity contribution in [2.75, 3.05) is 13.1 Å². The fourth-order valence-corrected chi connectivity index (χ4v) is 2.63. The van der Waals surface area contributed by atoms with E-state index in [9.17, 15) is 14.7 Å². The number of aliphatic hydroxyl groups excluding tert-OH is 1. The molecule has 1 aliphatic rings. The van der Waals surface area contributed by atoms with Gasteiger partial charge in [-0.3, -0.25) is 4.79 Å². The Labute approximate surface area is 154 Å². The molecule has 1 saturated heterocycles. The number of amides is 1. The number of piperidine rings is 1. The molecular weight excluding hydrogens is 336 g/mol. The van der Waals surface area contributed by atoms with Gasteiger partial charge in [0.2, 0.25) is 0 Å². The molecule has 0 aromatic heterocycles. The molecule has 0 spiro atoms. The van der Waals surface area contributed by atoms with E-state index in [1.54, 1.807) is 20.8 Å². The van der Waals surface area contributed by atoms with E-state index in [1.807, 2.05) is 30.3 Å². The molecule has 2 N–H and O–H groups in total. The van der Waals surface area contributed by atoms with E-state index in [0.29, 0.717) is 32.4 Å². The maximum Gasteiger partial charge on any atom is 0.428 e. The Morgan fingerprint density at radius 3 is 2.42 bits per heavy atom. The summed E-state index contributed by atoms with van der Waals surface area (Å²) in [7, 11) is 0. The van der Waals surface area contributed by atoms with Gasteiger partial charge in [0.15, 0.2) is 0 Å². The van der Waals surface area contributed by atoms with E-state index in [-0.39, 0.29) is 6.10 Å². The SMILES string of the molecule is CC(C)(C)OC(=O)C(Cc1ccccc1)NOC(=O)N1CCC(O)CC1. The standard InChI is InChI=1S/C19H28N2O5/c1-19(2,3)25-17(23)16(13-14-7-5-4-6-8-14)20-26-18(24)21-11-9-15(22)10-12-21/h4-8,15-16,20,22H,9-13H2,1-3H3. The number of hydrogen-bond donors (Lipinski definition) is 2. The average Bonchev–Trinajstić information content (AvgIpc) is 2.58. The molecule has 7 heteroatoms. The van der Waals surface area contributed by atoms with Crippen LogP contribution in [0.5, 0.6) is 0 Å². The second kappa shape index (κ2) is 9.00. The first-order valence-corrected chi connectivity index (χ1v) is 8.91. The van der Waals surface area contributed by atoms with Crippen molar-refractivity contribution in [2.45, 2.75) is 57.8 Å². The summed E-state index contributed by atoms with van der Waals surface area (Å²) in [5.74, 6) is -0.483. The molecule has 144 valence electrons. The van der Waals surface area contributed by atoms with E-state index in [0.717, 1.165) is 5.56 Å². The van der Waals surface area contributed by atoms with Gasteiger partial charge in [-0.25, -0.2) is 4.79 Å². The third kappa shape index (κ3) is 6.65. The number of nitrogens with one attached hydrogen (secondary N) is 1. The molecule has 1 aromatic carbocycles. The highest BCUT2D eigenvalue weighted by molar-refractivity contribution is 5.77. The number of rotatable bonds is 5. The van der Waals surface area contributed by atoms with Gasteiger partial charge in [-0.2, -0.15) is 0 Å². The molecule has 0 saturated carbocycles. The van der Waals surface area contributed by atoms with Crippen LogP contribution >= 0.6 is 0 Å². The van der Waals surface area contributed by atoms with Crippen LogP contribution in [0.25, 0.3) is 0 Å². The first-order chi connectivity index (χ1) is 12.2. The summed E-state index contributed by atoms with van der Waals surface area (Å²) >= 11 is 0. The summed E-state index contributed by atoms with van der Waals surface area (Å²) in [4.78, 5) is 31.3. The number of carbonyl (C=O) groups excluding carboxylic acids is 2. The molecule has 26 heavy (non-hydrogen) atoms. The van der Waals surface area contributed by atoms with Crippen LogP contribution in [0.3, 0.4) is 0 Å². The summed E-state index contributed by atoms with van der Waals surface area (Å²) in [5.41, 5.74) is 2.86. The lowest BCUT2D eigenvalue weighted by atomic mass is 10.1. The second-order valence-corrected chi connectivity index (χ2v) is 7.48. The number of likely N-dealkylation sites (tertiary alicyclic amines) is 1. The average molecular weight is 364 g/mol. The summed E-state index contributed by atoms with van der Waals surface area (Å²) in [5, 5.41) is 9.52. The van der Waals surface area contributed by atoms with Crippen molar-refractivity contribution in [3.05, 3.63) is 35.9 Å². The summed E-state index contributed by atoms with van der Waals surface area (Å²) < 4.78 is 5.42. The Morgan fingerprint density at radius 2 is 1.85 bits per heavy atom. The van der Waals surface area contributed by atoms with Crippen molar-refractivity contribution < 1.29 is 24.3 Å². The van der Waals surface area contributed by atoms with Crippen molar-refractivity contribution in [2.24, 2.45) is 0 Å². The zero-order valence-electron chi connectivity index (χ0n) is 15.6. The number of ether oxygens (including phenoxy) is 1. The van der Waals surface area contributed by atoms with Gasteiger partial charge in [-0.15, -0.1) is 5.48 Å². The fraction of sp³-hybridized carbons (Fsp3) is 0.579. The summed E-state index contributed by atoms with van der Waals surface area (Å²) in [6.45, 7) is 6.22. The minimum absolute atomic E-state index is 0.335. The van der Waals surface area contributed by atoms with Crippen LogP contribution in [-0.4, -0.2) is 52.9 Å². The molecule has 1 unspecified atom stereocenters. The van der Waals surface area contributed by atoms with Crippen molar-refractivity contribution in [3.8, 4) is 0 Å². The van der Waals surface area contributed by atoms with Gasteiger partial charge < -0.3 is 19.6 Å². The Bertz CT molecular complexity index is 592. The third-order valence-electron chi connectivity index (χ3n) is 3.99. The number of esters is 1. The first-order valence-electron chi connectivity index (χ1n) is 8.91. The van der Waals surface area contributed by atoms with Crippen LogP contribution in [0.15, 0.2) is 30.3 Å². The number of aliphatic hydroxyl groups is 1. The lowest BCUT2D eigenvalue weighted by Crippen LogP contribution is -2.47. The molecule has 2 rings (SSSR count). The number of carbonyl (C=O) groups is 2. The molecule has 7 nitrogen and oxygen atoms in total. The molecule has 1 aromatic rings. The van der Waals surface area contributed by atoms with E-state index in [1.165, 1.54) is 4.90 Å². The van der Waals surface area contributed by atoms with Crippen LogP contribution in [0, 0.1) is 0 Å². The predicted molar refractivity (Wildman–Crippen MR) is 96.2 cm³/mol. The molecule has 0 aliphatic carbocycles. The largest absolute Gasteiger partial charge is 0.459 e. The van der Waals surface area contributed by atoms with Crippen LogP contribution < -0.4 is 5.48 Å². The molecule has 0 radical (unpaired) electrons. The quantitative estimate of drug-likeness (QED) is 0.614. The Hall–Kier alpha value is -2.12. The van der Waals surface area contributed by atoms with Crippen molar-refractivity contribution in [1.82, 2.24) is 10.4 Å². The highest BCUT2D eigenvalue weighted by Crippen LogP contribution is 2.13. The van der Waals surface area contributed by atoms with Gasteiger partial charge in [0.05, 0.1) is 6.10 Å². The maximum absolute atomic E-state index is 12.5. The third-order valence-corrected chi connectivity index (χ3v) is 3.99. The van der Waals surface area contributed by atoms with Gasteiger partial charge in [-0.05, 0) is 39.2 Å². The minimum Gasteiger partial charge on any atom is -0.459 e. The highest BCUT2D eigenvalue weighted by atomic mass is 16.7. The Morgan fingerprint density at radius 1 is 1.23 bits per heavy atom. The van der Waals surface area contributed by atoms with Crippen LogP contribution in [0.1, 0.15) is 39.2 Å². The second-order valence-electron chi connectivity index (χ2n) is 7.48. The Kier molecular flexibility index (Phi) is 6.99. The van der Waals surface area contributed by atoms with Crippen LogP contribution in [0.4, 0.5) is 4.79 Å². The van der Waals surface area contributed by atoms with Gasteiger partial charge >= 0.3 is 12.1 Å². The van der Waals surface area contributed by atoms with E-state index < -0.39 is 23.7 Å². The molecule has 1 amide bonds. The van der Waals surface area contributed by atoms with Crippen molar-refractivity contribution >= 4 is 12.1 Å². The smallest absolute Gasteiger partial charge is 0.428 e. The number of nitrogens with zero attached hydrogens (tertiary/aromatic N) is 1. The van der Waals surface area contributed by atoms with E-state index >= 15 is 0 Å². The molecule has 1 heterocycles. The summed E-state index contributed by atoms with van der Waals surface area (Å²) in [6, 6.07) is 8.64. The summed E-state index contributed by atoms with van der Waals surface area (Å²) in [6.07, 6.45) is 0.448. The lowest BCUT2D eigenvalue weighted by Gasteiger charge is -2.29. The zero-order valence-corrected chi connectivity index (χ0v) is 15.6. The van der Waals surface area contributed by atoms with Gasteiger partial charge in [0, 0.05) is 19.5 Å². The van der Waals surface area contributed by atoms with Crippen molar-refractivity contribution in [1.29, 1.82) is 0 Å². The Balaban J connectivity index is 1.96. The number of benzene rings is 1. The highest BCUT2D eigenvalue weighted by Gasteiger charge is 2.28. The minimum atomic E-state index is -0.809. The maximum atomic E-state index is 12.5. The predicted octanol–water partition coefficient (Wildman–Crippen LogP) is 2.04. The first kappa shape index (κ1) is 20.2. The van der Waals surface area contributed by atoms with Crippen LogP contribution in [-0.2, 0) is 20.8 Å². The molecule has 1 aliphatic heterocycles. The zero-order chi connectivity index (χ0) is 19.2. The van der Waals surface area contributed by atoms with E-state index in [4.69, 9.17) is 9.57 Å². The van der Waals surface area contributed by atoms with Crippen molar-refractivity contribution in [3.63, 3.8) is 0 Å². The molecule has 1 atom stereocenters. The molecular formula is C19H28N2O5. The van der Waals surface area contributed by atoms with Gasteiger partial charge in [0.25, 0.3) is 0 Å².